The standard InChI is InChI=1S/C23H27N3O2/c1-4-17(18-10-6-5-7-11-18)14-24-22(27)21-19-12-8-9-13-20(19)23(28)26(25-21)15-16(2)3/h5-13,16-17H,4,14-15H2,1-3H3,(H,24,27). The number of carbonyl (C=O) groups is 1. The molecule has 0 radical (unpaired) electrons. The van der Waals surface area contributed by atoms with E-state index in [4.69, 9.17) is 0 Å². The molecule has 5 heteroatoms. The molecule has 5 nitrogen and oxygen atoms in total. The molecule has 1 unspecified atom stereocenters. The molecular formula is C23H27N3O2. The van der Waals surface area contributed by atoms with Crippen LogP contribution in [-0.2, 0) is 6.54 Å². The first-order chi connectivity index (χ1) is 13.5. The minimum absolute atomic E-state index is 0.156. The molecule has 1 N–H and O–H groups in total. The second kappa shape index (κ2) is 8.83. The second-order valence-electron chi connectivity index (χ2n) is 7.50. The molecule has 0 saturated heterocycles. The van der Waals surface area contributed by atoms with Gasteiger partial charge in [-0.2, -0.15) is 5.10 Å². The Balaban J connectivity index is 1.90. The monoisotopic (exact) mass is 377 g/mol. The highest BCUT2D eigenvalue weighted by Crippen LogP contribution is 2.19. The molecule has 1 atom stereocenters. The summed E-state index contributed by atoms with van der Waals surface area (Å²) in [5.41, 5.74) is 1.35. The van der Waals surface area contributed by atoms with Gasteiger partial charge >= 0.3 is 0 Å². The van der Waals surface area contributed by atoms with E-state index >= 15 is 0 Å². The van der Waals surface area contributed by atoms with Crippen LogP contribution in [0.3, 0.4) is 0 Å². The van der Waals surface area contributed by atoms with E-state index in [0.29, 0.717) is 29.6 Å². The highest BCUT2D eigenvalue weighted by atomic mass is 16.2. The zero-order chi connectivity index (χ0) is 20.1. The van der Waals surface area contributed by atoms with Crippen LogP contribution >= 0.6 is 0 Å². The summed E-state index contributed by atoms with van der Waals surface area (Å²) in [4.78, 5) is 25.7. The molecule has 0 saturated carbocycles. The van der Waals surface area contributed by atoms with Crippen molar-refractivity contribution in [1.29, 1.82) is 0 Å². The molecule has 1 heterocycles. The zero-order valence-electron chi connectivity index (χ0n) is 16.7. The fraction of sp³-hybridized carbons (Fsp3) is 0.348. The molecule has 146 valence electrons. The summed E-state index contributed by atoms with van der Waals surface area (Å²) in [5, 5.41) is 8.55. The maximum Gasteiger partial charge on any atom is 0.274 e. The van der Waals surface area contributed by atoms with Crippen molar-refractivity contribution in [3.8, 4) is 0 Å². The molecule has 3 aromatic rings. The lowest BCUT2D eigenvalue weighted by Crippen LogP contribution is -2.33. The summed E-state index contributed by atoms with van der Waals surface area (Å²) in [5.74, 6) is 0.242. The van der Waals surface area contributed by atoms with Crippen molar-refractivity contribution in [2.24, 2.45) is 5.92 Å². The third-order valence-corrected chi connectivity index (χ3v) is 4.89. The summed E-state index contributed by atoms with van der Waals surface area (Å²) in [6, 6.07) is 17.3. The Labute approximate surface area is 165 Å². The van der Waals surface area contributed by atoms with Gasteiger partial charge in [0.1, 0.15) is 0 Å². The predicted octanol–water partition coefficient (Wildman–Crippen LogP) is 3.98. The van der Waals surface area contributed by atoms with Gasteiger partial charge in [0.2, 0.25) is 0 Å². The van der Waals surface area contributed by atoms with Gasteiger partial charge in [0.15, 0.2) is 5.69 Å². The summed E-state index contributed by atoms with van der Waals surface area (Å²) >= 11 is 0. The Hall–Kier alpha value is -2.95. The molecule has 0 fully saturated rings. The molecule has 0 aliphatic rings. The highest BCUT2D eigenvalue weighted by molar-refractivity contribution is 6.04. The number of rotatable bonds is 7. The maximum absolute atomic E-state index is 13.0. The van der Waals surface area contributed by atoms with Gasteiger partial charge in [-0.25, -0.2) is 4.68 Å². The SMILES string of the molecule is CCC(CNC(=O)c1nn(CC(C)C)c(=O)c2ccccc12)c1ccccc1. The fourth-order valence-corrected chi connectivity index (χ4v) is 3.40. The fourth-order valence-electron chi connectivity index (χ4n) is 3.40. The lowest BCUT2D eigenvalue weighted by molar-refractivity contribution is 0.0945. The van der Waals surface area contributed by atoms with E-state index in [-0.39, 0.29) is 23.3 Å². The van der Waals surface area contributed by atoms with E-state index in [1.807, 2.05) is 44.2 Å². The Morgan fingerprint density at radius 1 is 1.04 bits per heavy atom. The first kappa shape index (κ1) is 19.8. The lowest BCUT2D eigenvalue weighted by atomic mass is 9.96. The van der Waals surface area contributed by atoms with Gasteiger partial charge in [-0.1, -0.05) is 69.3 Å². The van der Waals surface area contributed by atoms with E-state index in [0.717, 1.165) is 6.42 Å². The van der Waals surface area contributed by atoms with E-state index in [9.17, 15) is 9.59 Å². The number of benzene rings is 2. The van der Waals surface area contributed by atoms with Crippen LogP contribution in [0, 0.1) is 5.92 Å². The Bertz CT molecular complexity index is 1010. The largest absolute Gasteiger partial charge is 0.350 e. The number of nitrogens with zero attached hydrogens (tertiary/aromatic N) is 2. The Kier molecular flexibility index (Phi) is 6.24. The van der Waals surface area contributed by atoms with E-state index in [2.05, 4.69) is 29.5 Å². The van der Waals surface area contributed by atoms with Gasteiger partial charge < -0.3 is 5.32 Å². The zero-order valence-corrected chi connectivity index (χ0v) is 16.7. The summed E-state index contributed by atoms with van der Waals surface area (Å²) in [6.07, 6.45) is 0.922. The normalized spacial score (nSPS) is 12.3. The number of aromatic nitrogens is 2. The average Bonchev–Trinajstić information content (AvgIpc) is 2.71. The summed E-state index contributed by atoms with van der Waals surface area (Å²) < 4.78 is 1.41. The van der Waals surface area contributed by atoms with Gasteiger partial charge in [0.05, 0.1) is 5.39 Å². The van der Waals surface area contributed by atoms with Gasteiger partial charge in [0, 0.05) is 24.4 Å². The van der Waals surface area contributed by atoms with Crippen molar-refractivity contribution in [3.05, 3.63) is 76.2 Å². The topological polar surface area (TPSA) is 64.0 Å². The Morgan fingerprint density at radius 2 is 1.68 bits per heavy atom. The first-order valence-electron chi connectivity index (χ1n) is 9.84. The molecule has 28 heavy (non-hydrogen) atoms. The van der Waals surface area contributed by atoms with Gasteiger partial charge in [0.25, 0.3) is 11.5 Å². The molecule has 2 aromatic carbocycles. The van der Waals surface area contributed by atoms with Crippen LogP contribution in [-0.4, -0.2) is 22.2 Å². The van der Waals surface area contributed by atoms with Crippen molar-refractivity contribution < 1.29 is 4.79 Å². The second-order valence-corrected chi connectivity index (χ2v) is 7.50. The van der Waals surface area contributed by atoms with Gasteiger partial charge in [-0.3, -0.25) is 9.59 Å². The van der Waals surface area contributed by atoms with Crippen LogP contribution in [0.15, 0.2) is 59.4 Å². The third kappa shape index (κ3) is 4.30. The van der Waals surface area contributed by atoms with Crippen molar-refractivity contribution >= 4 is 16.7 Å². The van der Waals surface area contributed by atoms with Crippen LogP contribution in [0.2, 0.25) is 0 Å². The lowest BCUT2D eigenvalue weighted by Gasteiger charge is -2.17. The van der Waals surface area contributed by atoms with Gasteiger partial charge in [-0.15, -0.1) is 0 Å². The molecule has 0 aliphatic carbocycles. The van der Waals surface area contributed by atoms with Crippen molar-refractivity contribution in [1.82, 2.24) is 15.1 Å². The first-order valence-corrected chi connectivity index (χ1v) is 9.84. The molecule has 1 aromatic heterocycles. The van der Waals surface area contributed by atoms with E-state index < -0.39 is 0 Å². The van der Waals surface area contributed by atoms with Crippen LogP contribution in [0.5, 0.6) is 0 Å². The van der Waals surface area contributed by atoms with Gasteiger partial charge in [-0.05, 0) is 24.0 Å². The van der Waals surface area contributed by atoms with Crippen LogP contribution < -0.4 is 10.9 Å². The van der Waals surface area contributed by atoms with E-state index in [1.54, 1.807) is 12.1 Å². The van der Waals surface area contributed by atoms with Crippen molar-refractivity contribution in [3.63, 3.8) is 0 Å². The van der Waals surface area contributed by atoms with Crippen LogP contribution in [0.25, 0.3) is 10.8 Å². The van der Waals surface area contributed by atoms with E-state index in [1.165, 1.54) is 10.2 Å². The summed E-state index contributed by atoms with van der Waals surface area (Å²) in [6.45, 7) is 7.16. The molecule has 1 amide bonds. The molecule has 0 spiro atoms. The number of carbonyl (C=O) groups excluding carboxylic acids is 1. The number of amides is 1. The number of hydrogen-bond acceptors (Lipinski definition) is 3. The molecule has 0 bridgehead atoms. The minimum atomic E-state index is -0.247. The van der Waals surface area contributed by atoms with Crippen molar-refractivity contribution in [2.75, 3.05) is 6.54 Å². The minimum Gasteiger partial charge on any atom is -0.350 e. The number of nitrogens with one attached hydrogen (secondary N) is 1. The number of fused-ring (bicyclic) bond motifs is 1. The molecule has 0 aliphatic heterocycles. The quantitative estimate of drug-likeness (QED) is 0.677. The average molecular weight is 377 g/mol. The van der Waals surface area contributed by atoms with Crippen LogP contribution in [0.4, 0.5) is 0 Å². The molecular weight excluding hydrogens is 350 g/mol. The Morgan fingerprint density at radius 3 is 2.32 bits per heavy atom. The number of hydrogen-bond donors (Lipinski definition) is 1. The third-order valence-electron chi connectivity index (χ3n) is 4.89. The molecule has 3 rings (SSSR count). The summed E-state index contributed by atoms with van der Waals surface area (Å²) in [7, 11) is 0. The maximum atomic E-state index is 13.0. The highest BCUT2D eigenvalue weighted by Gasteiger charge is 2.18. The smallest absolute Gasteiger partial charge is 0.274 e. The van der Waals surface area contributed by atoms with Crippen molar-refractivity contribution in [2.45, 2.75) is 39.7 Å². The van der Waals surface area contributed by atoms with Crippen LogP contribution in [0.1, 0.15) is 49.2 Å². The predicted molar refractivity (Wildman–Crippen MR) is 113 cm³/mol.